The number of carbonyl (C=O) groups excluding carboxylic acids is 1. The number of aromatic nitrogens is 2. The molecule has 0 radical (unpaired) electrons. The SMILES string of the molecule is CCc1ccccc1C(N)=Nc1n[nH]c(C(=O)NCCN(C)c2ccccc2)c1Br. The normalized spacial score (nSPS) is 11.4. The summed E-state index contributed by atoms with van der Waals surface area (Å²) in [5, 5.41) is 9.78. The molecule has 0 unspecified atom stereocenters. The number of nitrogens with two attached hydrogens (primary N) is 1. The van der Waals surface area contributed by atoms with Crippen molar-refractivity contribution in [2.75, 3.05) is 25.0 Å². The molecule has 30 heavy (non-hydrogen) atoms. The molecule has 0 atom stereocenters. The molecule has 156 valence electrons. The number of anilines is 1. The van der Waals surface area contributed by atoms with E-state index in [-0.39, 0.29) is 5.91 Å². The molecule has 3 aromatic rings. The first-order valence-corrected chi connectivity index (χ1v) is 10.5. The molecule has 2 aromatic carbocycles. The first-order valence-electron chi connectivity index (χ1n) is 9.72. The van der Waals surface area contributed by atoms with Gasteiger partial charge in [0.2, 0.25) is 0 Å². The maximum Gasteiger partial charge on any atom is 0.270 e. The van der Waals surface area contributed by atoms with Crippen molar-refractivity contribution in [2.24, 2.45) is 10.7 Å². The Hall–Kier alpha value is -3.13. The molecule has 0 saturated carbocycles. The van der Waals surface area contributed by atoms with Gasteiger partial charge in [-0.15, -0.1) is 0 Å². The van der Waals surface area contributed by atoms with E-state index in [1.165, 1.54) is 0 Å². The number of aromatic amines is 1. The van der Waals surface area contributed by atoms with Crippen molar-refractivity contribution in [1.29, 1.82) is 0 Å². The van der Waals surface area contributed by atoms with Crippen LogP contribution in [0.4, 0.5) is 11.5 Å². The van der Waals surface area contributed by atoms with E-state index < -0.39 is 0 Å². The van der Waals surface area contributed by atoms with Crippen molar-refractivity contribution in [3.05, 3.63) is 75.9 Å². The van der Waals surface area contributed by atoms with Crippen LogP contribution >= 0.6 is 15.9 Å². The van der Waals surface area contributed by atoms with Gasteiger partial charge < -0.3 is 16.0 Å². The Labute approximate surface area is 184 Å². The predicted octanol–water partition coefficient (Wildman–Crippen LogP) is 3.64. The largest absolute Gasteiger partial charge is 0.383 e. The lowest BCUT2D eigenvalue weighted by molar-refractivity contribution is 0.0949. The minimum Gasteiger partial charge on any atom is -0.383 e. The van der Waals surface area contributed by atoms with Crippen molar-refractivity contribution in [3.63, 3.8) is 0 Å². The van der Waals surface area contributed by atoms with Crippen LogP contribution in [-0.2, 0) is 6.42 Å². The lowest BCUT2D eigenvalue weighted by atomic mass is 10.0. The van der Waals surface area contributed by atoms with Gasteiger partial charge in [-0.1, -0.05) is 49.4 Å². The number of H-pyrrole nitrogens is 1. The van der Waals surface area contributed by atoms with Crippen molar-refractivity contribution in [2.45, 2.75) is 13.3 Å². The maximum absolute atomic E-state index is 12.5. The third kappa shape index (κ3) is 5.07. The Morgan fingerprint density at radius 3 is 2.63 bits per heavy atom. The molecule has 0 spiro atoms. The van der Waals surface area contributed by atoms with Gasteiger partial charge in [0.25, 0.3) is 5.91 Å². The number of aliphatic imine (C=N–C) groups is 1. The number of nitrogens with zero attached hydrogens (tertiary/aromatic N) is 3. The molecule has 0 aliphatic rings. The molecule has 1 aromatic heterocycles. The summed E-state index contributed by atoms with van der Waals surface area (Å²) in [5.74, 6) is 0.436. The van der Waals surface area contributed by atoms with Gasteiger partial charge in [-0.3, -0.25) is 9.89 Å². The smallest absolute Gasteiger partial charge is 0.270 e. The molecule has 0 bridgehead atoms. The van der Waals surface area contributed by atoms with E-state index in [1.807, 2.05) is 61.6 Å². The number of halogens is 1. The molecule has 0 saturated heterocycles. The topological polar surface area (TPSA) is 99.4 Å². The van der Waals surface area contributed by atoms with E-state index in [4.69, 9.17) is 5.73 Å². The van der Waals surface area contributed by atoms with Crippen LogP contribution in [-0.4, -0.2) is 42.1 Å². The zero-order valence-electron chi connectivity index (χ0n) is 17.0. The zero-order chi connectivity index (χ0) is 21.5. The van der Waals surface area contributed by atoms with E-state index in [2.05, 4.69) is 48.3 Å². The number of likely N-dealkylation sites (N-methyl/N-ethyl adjacent to an activating group) is 1. The lowest BCUT2D eigenvalue weighted by Crippen LogP contribution is -2.33. The predicted molar refractivity (Wildman–Crippen MR) is 125 cm³/mol. The van der Waals surface area contributed by atoms with Crippen LogP contribution in [0.25, 0.3) is 0 Å². The van der Waals surface area contributed by atoms with Gasteiger partial charge in [-0.05, 0) is 40.0 Å². The number of aryl methyl sites for hydroxylation is 1. The van der Waals surface area contributed by atoms with E-state index in [0.717, 1.165) is 23.2 Å². The lowest BCUT2D eigenvalue weighted by Gasteiger charge is -2.19. The second kappa shape index (κ2) is 10.1. The van der Waals surface area contributed by atoms with Crippen LogP contribution in [0.15, 0.2) is 64.1 Å². The van der Waals surface area contributed by atoms with Gasteiger partial charge in [0, 0.05) is 31.4 Å². The standard InChI is InChI=1S/C22H25BrN6O/c1-3-15-9-7-8-12-17(15)20(24)26-21-18(23)19(27-28-21)22(30)25-13-14-29(2)16-10-5-4-6-11-16/h4-12H,3,13-14H2,1-2H3,(H,25,30)(H3,24,26,27,28). The fourth-order valence-electron chi connectivity index (χ4n) is 3.03. The molecule has 0 fully saturated rings. The Kier molecular flexibility index (Phi) is 7.24. The maximum atomic E-state index is 12.5. The zero-order valence-corrected chi connectivity index (χ0v) is 18.6. The number of amidine groups is 1. The first kappa shape index (κ1) is 21.6. The third-order valence-electron chi connectivity index (χ3n) is 4.75. The molecule has 0 aliphatic heterocycles. The number of benzene rings is 2. The average Bonchev–Trinajstić information content (AvgIpc) is 3.14. The van der Waals surface area contributed by atoms with Crippen LogP contribution < -0.4 is 16.0 Å². The van der Waals surface area contributed by atoms with Crippen LogP contribution in [0.5, 0.6) is 0 Å². The minimum absolute atomic E-state index is 0.259. The minimum atomic E-state index is -0.259. The molecule has 4 N–H and O–H groups in total. The van der Waals surface area contributed by atoms with Gasteiger partial charge in [0.15, 0.2) is 5.82 Å². The Morgan fingerprint density at radius 1 is 1.20 bits per heavy atom. The number of carbonyl (C=O) groups is 1. The molecule has 7 nitrogen and oxygen atoms in total. The molecule has 8 heteroatoms. The van der Waals surface area contributed by atoms with Crippen molar-refractivity contribution < 1.29 is 4.79 Å². The number of hydrogen-bond acceptors (Lipinski definition) is 4. The summed E-state index contributed by atoms with van der Waals surface area (Å²) < 4.78 is 0.480. The summed E-state index contributed by atoms with van der Waals surface area (Å²) in [7, 11) is 1.98. The first-order chi connectivity index (χ1) is 14.5. The average molecular weight is 469 g/mol. The summed E-state index contributed by atoms with van der Waals surface area (Å²) in [5.41, 5.74) is 9.57. The highest BCUT2D eigenvalue weighted by Crippen LogP contribution is 2.27. The number of nitrogens with one attached hydrogen (secondary N) is 2. The van der Waals surface area contributed by atoms with Crippen molar-refractivity contribution in [1.82, 2.24) is 15.5 Å². The Bertz CT molecular complexity index is 1030. The molecular formula is C22H25BrN6O. The number of rotatable bonds is 8. The van der Waals surface area contributed by atoms with Gasteiger partial charge >= 0.3 is 0 Å². The fourth-order valence-corrected chi connectivity index (χ4v) is 3.48. The van der Waals surface area contributed by atoms with Gasteiger partial charge in [-0.25, -0.2) is 4.99 Å². The Balaban J connectivity index is 1.65. The highest BCUT2D eigenvalue weighted by molar-refractivity contribution is 9.10. The molecule has 0 aliphatic carbocycles. The summed E-state index contributed by atoms with van der Waals surface area (Å²) in [6.07, 6.45) is 0.846. The monoisotopic (exact) mass is 468 g/mol. The van der Waals surface area contributed by atoms with Crippen LogP contribution in [0.1, 0.15) is 28.5 Å². The summed E-state index contributed by atoms with van der Waals surface area (Å²) in [6, 6.07) is 17.8. The molecule has 1 heterocycles. The molecule has 1 amide bonds. The summed E-state index contributed by atoms with van der Waals surface area (Å²) in [4.78, 5) is 19.0. The van der Waals surface area contributed by atoms with Crippen molar-refractivity contribution >= 4 is 39.2 Å². The van der Waals surface area contributed by atoms with Gasteiger partial charge in [-0.2, -0.15) is 5.10 Å². The van der Waals surface area contributed by atoms with Crippen LogP contribution in [0, 0.1) is 0 Å². The quantitative estimate of drug-likeness (QED) is 0.347. The van der Waals surface area contributed by atoms with Gasteiger partial charge in [0.05, 0.1) is 4.47 Å². The second-order valence-electron chi connectivity index (χ2n) is 6.76. The van der Waals surface area contributed by atoms with E-state index >= 15 is 0 Å². The van der Waals surface area contributed by atoms with E-state index in [9.17, 15) is 4.79 Å². The van der Waals surface area contributed by atoms with E-state index in [0.29, 0.717) is 34.9 Å². The second-order valence-corrected chi connectivity index (χ2v) is 7.55. The van der Waals surface area contributed by atoms with Gasteiger partial charge in [0.1, 0.15) is 11.5 Å². The number of para-hydroxylation sites is 1. The summed E-state index contributed by atoms with van der Waals surface area (Å²) >= 11 is 3.42. The number of amides is 1. The van der Waals surface area contributed by atoms with Crippen LogP contribution in [0.2, 0.25) is 0 Å². The van der Waals surface area contributed by atoms with E-state index in [1.54, 1.807) is 0 Å². The summed E-state index contributed by atoms with van der Waals surface area (Å²) in [6.45, 7) is 3.22. The van der Waals surface area contributed by atoms with Crippen molar-refractivity contribution in [3.8, 4) is 0 Å². The highest BCUT2D eigenvalue weighted by Gasteiger charge is 2.18. The Morgan fingerprint density at radius 2 is 1.90 bits per heavy atom. The highest BCUT2D eigenvalue weighted by atomic mass is 79.9. The molecule has 3 rings (SSSR count). The third-order valence-corrected chi connectivity index (χ3v) is 5.50. The molecular weight excluding hydrogens is 444 g/mol. The van der Waals surface area contributed by atoms with Crippen LogP contribution in [0.3, 0.4) is 0 Å². The fraction of sp³-hybridized carbons (Fsp3) is 0.227. The number of hydrogen-bond donors (Lipinski definition) is 3.